The van der Waals surface area contributed by atoms with Crippen molar-refractivity contribution in [3.8, 4) is 11.4 Å². The third-order valence-electron chi connectivity index (χ3n) is 8.52. The zero-order valence-electron chi connectivity index (χ0n) is 26.4. The number of esters is 2. The molecule has 2 aliphatic heterocycles. The molecule has 2 aromatic heterocycles. The highest BCUT2D eigenvalue weighted by Gasteiger charge is 2.51. The maximum atomic E-state index is 13.8. The number of nitrogens with one attached hydrogen (secondary N) is 2. The lowest BCUT2D eigenvalue weighted by Crippen LogP contribution is -2.55. The van der Waals surface area contributed by atoms with Crippen LogP contribution in [0, 0.1) is 5.92 Å². The van der Waals surface area contributed by atoms with Crippen LogP contribution >= 0.6 is 12.4 Å². The molecule has 0 radical (unpaired) electrons. The Morgan fingerprint density at radius 2 is 1.87 bits per heavy atom. The van der Waals surface area contributed by atoms with Crippen LogP contribution in [0.15, 0.2) is 41.2 Å². The van der Waals surface area contributed by atoms with E-state index in [9.17, 15) is 24.0 Å². The first kappa shape index (κ1) is 34.6. The molecule has 3 aromatic rings. The van der Waals surface area contributed by atoms with Crippen LogP contribution in [0.3, 0.4) is 0 Å². The number of unbranched alkanes of at least 4 members (excludes halogenated alkanes) is 1. The monoisotopic (exact) mass is 653 g/mol. The fourth-order valence-electron chi connectivity index (χ4n) is 6.08. The Bertz CT molecular complexity index is 1740. The van der Waals surface area contributed by atoms with Gasteiger partial charge in [-0.25, -0.2) is 14.6 Å². The van der Waals surface area contributed by atoms with Crippen molar-refractivity contribution in [2.75, 3.05) is 6.54 Å². The molecule has 46 heavy (non-hydrogen) atoms. The van der Waals surface area contributed by atoms with Crippen molar-refractivity contribution < 1.29 is 28.7 Å². The van der Waals surface area contributed by atoms with Crippen molar-refractivity contribution in [2.45, 2.75) is 84.2 Å². The first-order chi connectivity index (χ1) is 21.5. The highest BCUT2D eigenvalue weighted by atomic mass is 35.5. The molecule has 0 spiro atoms. The van der Waals surface area contributed by atoms with Crippen molar-refractivity contribution in [3.63, 3.8) is 0 Å². The van der Waals surface area contributed by atoms with Gasteiger partial charge >= 0.3 is 11.9 Å². The Labute approximate surface area is 272 Å². The van der Waals surface area contributed by atoms with Gasteiger partial charge in [-0.05, 0) is 56.3 Å². The van der Waals surface area contributed by atoms with Gasteiger partial charge in [-0.2, -0.15) is 0 Å². The lowest BCUT2D eigenvalue weighted by Gasteiger charge is -2.37. The van der Waals surface area contributed by atoms with Gasteiger partial charge in [0.2, 0.25) is 17.4 Å². The summed E-state index contributed by atoms with van der Waals surface area (Å²) in [5.74, 6) is -3.04. The number of rotatable bonds is 11. The second-order valence-electron chi connectivity index (χ2n) is 11.9. The molecular formula is C33H40ClN5O7. The average molecular weight is 654 g/mol. The van der Waals surface area contributed by atoms with Gasteiger partial charge in [0, 0.05) is 23.4 Å². The summed E-state index contributed by atoms with van der Waals surface area (Å²) in [5, 5.41) is 6.29. The van der Waals surface area contributed by atoms with Crippen molar-refractivity contribution >= 4 is 47.1 Å². The van der Waals surface area contributed by atoms with Crippen LogP contribution in [0.4, 0.5) is 0 Å². The van der Waals surface area contributed by atoms with E-state index in [1.54, 1.807) is 31.4 Å². The first-order valence-electron chi connectivity index (χ1n) is 15.3. The standard InChI is InChI=1S/C33H39N5O7.ClH/c1-5-33(45-31(42)27(18(2)3)37-29(40)25(35-19(4)39)12-8-9-13-34)23-15-26-28-21(14-20-10-6-7-11-24(20)36-28)16-38(26)30(41)22(23)17-44-32(33)43;/h6-7,10-11,14-15,18,25,27H,5,8-9,12-13,16-17,34H2,1-4H3,(H,35,39)(H,37,40);1H/t25?,27?,33-;/m0./s1. The number of aromatic nitrogens is 2. The smallest absolute Gasteiger partial charge is 0.355 e. The molecule has 12 nitrogen and oxygen atoms in total. The Morgan fingerprint density at radius 1 is 1.13 bits per heavy atom. The number of amides is 2. The zero-order chi connectivity index (χ0) is 32.5. The summed E-state index contributed by atoms with van der Waals surface area (Å²) in [6.45, 7) is 6.92. The number of carbonyl (C=O) groups is 4. The highest BCUT2D eigenvalue weighted by molar-refractivity contribution is 5.93. The predicted molar refractivity (Wildman–Crippen MR) is 173 cm³/mol. The number of fused-ring (bicyclic) bond motifs is 5. The number of halogens is 1. The SMILES string of the molecule is CC[C@@]1(OC(=O)C(NC(=O)C(CCCCN)NC(C)=O)C(C)C)C(=O)OCc2c1cc1n(c2=O)Cc2cc3ccccc3nc2-1.Cl. The molecular weight excluding hydrogens is 614 g/mol. The Morgan fingerprint density at radius 3 is 2.54 bits per heavy atom. The van der Waals surface area contributed by atoms with Crippen molar-refractivity contribution in [1.29, 1.82) is 0 Å². The molecule has 4 N–H and O–H groups in total. The van der Waals surface area contributed by atoms with Gasteiger partial charge in [0.15, 0.2) is 0 Å². The Kier molecular flexibility index (Phi) is 10.5. The van der Waals surface area contributed by atoms with Crippen LogP contribution in [0.25, 0.3) is 22.3 Å². The Balaban J connectivity index is 0.00000480. The van der Waals surface area contributed by atoms with Crippen LogP contribution in [-0.2, 0) is 47.4 Å². The van der Waals surface area contributed by atoms with Gasteiger partial charge < -0.3 is 30.4 Å². The molecule has 0 aliphatic carbocycles. The minimum Gasteiger partial charge on any atom is -0.457 e. The summed E-state index contributed by atoms with van der Waals surface area (Å²) in [7, 11) is 0. The second kappa shape index (κ2) is 14.0. The van der Waals surface area contributed by atoms with Crippen LogP contribution < -0.4 is 21.9 Å². The maximum absolute atomic E-state index is 13.8. The van der Waals surface area contributed by atoms with E-state index < -0.39 is 41.4 Å². The third kappa shape index (κ3) is 6.36. The number of cyclic esters (lactones) is 1. The van der Waals surface area contributed by atoms with Crippen LogP contribution in [0.1, 0.15) is 70.1 Å². The van der Waals surface area contributed by atoms with Gasteiger partial charge in [0.05, 0.1) is 29.0 Å². The van der Waals surface area contributed by atoms with E-state index in [1.165, 1.54) is 6.92 Å². The molecule has 0 fully saturated rings. The summed E-state index contributed by atoms with van der Waals surface area (Å²) in [6, 6.07) is 9.31. The van der Waals surface area contributed by atoms with Crippen LogP contribution in [-0.4, -0.2) is 51.9 Å². The summed E-state index contributed by atoms with van der Waals surface area (Å²) in [4.78, 5) is 71.1. The summed E-state index contributed by atoms with van der Waals surface area (Å²) in [6.07, 6.45) is 1.58. The van der Waals surface area contributed by atoms with Crippen LogP contribution in [0.2, 0.25) is 0 Å². The van der Waals surface area contributed by atoms with E-state index in [0.29, 0.717) is 43.7 Å². The molecule has 0 saturated carbocycles. The molecule has 2 unspecified atom stereocenters. The van der Waals surface area contributed by atoms with Gasteiger partial charge in [0.1, 0.15) is 18.7 Å². The molecule has 4 heterocycles. The number of nitrogens with zero attached hydrogens (tertiary/aromatic N) is 2. The summed E-state index contributed by atoms with van der Waals surface area (Å²) in [5.41, 5.74) is 6.55. The van der Waals surface area contributed by atoms with Gasteiger partial charge in [-0.1, -0.05) is 39.0 Å². The molecule has 0 saturated heterocycles. The van der Waals surface area contributed by atoms with Crippen molar-refractivity contribution in [2.24, 2.45) is 11.7 Å². The number of hydrogen-bond acceptors (Lipinski definition) is 9. The second-order valence-corrected chi connectivity index (χ2v) is 11.9. The topological polar surface area (TPSA) is 172 Å². The first-order valence-corrected chi connectivity index (χ1v) is 15.3. The molecule has 1 aromatic carbocycles. The lowest BCUT2D eigenvalue weighted by molar-refractivity contribution is -0.191. The lowest BCUT2D eigenvalue weighted by atomic mass is 9.85. The van der Waals surface area contributed by atoms with E-state index in [0.717, 1.165) is 16.5 Å². The fourth-order valence-corrected chi connectivity index (χ4v) is 6.08. The molecule has 0 bridgehead atoms. The predicted octanol–water partition coefficient (Wildman–Crippen LogP) is 2.83. The number of para-hydroxylation sites is 1. The Hall–Kier alpha value is -4.29. The fraction of sp³-hybridized carbons (Fsp3) is 0.455. The summed E-state index contributed by atoms with van der Waals surface area (Å²) < 4.78 is 13.1. The molecule has 5 rings (SSSR count). The minimum absolute atomic E-state index is 0. The third-order valence-corrected chi connectivity index (χ3v) is 8.52. The number of benzene rings is 1. The minimum atomic E-state index is -1.92. The van der Waals surface area contributed by atoms with E-state index in [-0.39, 0.29) is 48.0 Å². The number of carbonyl (C=O) groups excluding carboxylic acids is 4. The average Bonchev–Trinajstić information content (AvgIpc) is 3.37. The normalized spacial score (nSPS) is 17.6. The number of pyridine rings is 2. The van der Waals surface area contributed by atoms with E-state index in [2.05, 4.69) is 10.6 Å². The maximum Gasteiger partial charge on any atom is 0.355 e. The zero-order valence-corrected chi connectivity index (χ0v) is 27.2. The quantitative estimate of drug-likeness (QED) is 0.163. The summed E-state index contributed by atoms with van der Waals surface area (Å²) >= 11 is 0. The van der Waals surface area contributed by atoms with Crippen LogP contribution in [0.5, 0.6) is 0 Å². The molecule has 3 atom stereocenters. The van der Waals surface area contributed by atoms with Gasteiger partial charge in [-0.3, -0.25) is 14.4 Å². The number of ether oxygens (including phenoxy) is 2. The van der Waals surface area contributed by atoms with E-state index in [1.807, 2.05) is 30.3 Å². The molecule has 13 heteroatoms. The largest absolute Gasteiger partial charge is 0.457 e. The highest BCUT2D eigenvalue weighted by Crippen LogP contribution is 2.41. The van der Waals surface area contributed by atoms with Gasteiger partial charge in [0.25, 0.3) is 5.56 Å². The van der Waals surface area contributed by atoms with Crippen molar-refractivity contribution in [3.05, 3.63) is 63.4 Å². The molecule has 246 valence electrons. The molecule has 2 aliphatic rings. The van der Waals surface area contributed by atoms with Crippen molar-refractivity contribution in [1.82, 2.24) is 20.2 Å². The molecule has 2 amide bonds. The number of hydrogen-bond donors (Lipinski definition) is 3. The van der Waals surface area contributed by atoms with E-state index >= 15 is 0 Å². The number of nitrogens with two attached hydrogens (primary N) is 1. The van der Waals surface area contributed by atoms with E-state index in [4.69, 9.17) is 20.2 Å². The van der Waals surface area contributed by atoms with Gasteiger partial charge in [-0.15, -0.1) is 12.4 Å².